The number of nitrogens with one attached hydrogen (secondary N) is 2. The number of carbonyl (C=O) groups is 1. The van der Waals surface area contributed by atoms with Crippen LogP contribution in [0.1, 0.15) is 45.4 Å². The topological polar surface area (TPSA) is 70.6 Å². The van der Waals surface area contributed by atoms with Crippen molar-refractivity contribution in [3.8, 4) is 0 Å². The second-order valence-corrected chi connectivity index (χ2v) is 6.56. The van der Waals surface area contributed by atoms with E-state index >= 15 is 0 Å². The number of rotatable bonds is 9. The van der Waals surface area contributed by atoms with Crippen molar-refractivity contribution >= 4 is 5.91 Å². The first-order valence-electron chi connectivity index (χ1n) is 8.45. The largest absolute Gasteiger partial charge is 0.389 e. The van der Waals surface area contributed by atoms with Crippen molar-refractivity contribution in [2.24, 2.45) is 11.8 Å². The SMILES string of the molecule is CC1CCCCC1OCC(O)CNCCNC(=O)C1CC1. The molecule has 0 radical (unpaired) electrons. The first-order valence-corrected chi connectivity index (χ1v) is 8.45. The van der Waals surface area contributed by atoms with Crippen LogP contribution >= 0.6 is 0 Å². The quantitative estimate of drug-likeness (QED) is 0.557. The molecule has 2 aliphatic carbocycles. The molecule has 0 spiro atoms. The summed E-state index contributed by atoms with van der Waals surface area (Å²) < 4.78 is 5.83. The summed E-state index contributed by atoms with van der Waals surface area (Å²) in [6.45, 7) is 4.46. The molecule has 2 saturated carbocycles. The summed E-state index contributed by atoms with van der Waals surface area (Å²) >= 11 is 0. The Morgan fingerprint density at radius 2 is 2.00 bits per heavy atom. The third-order valence-corrected chi connectivity index (χ3v) is 4.46. The first-order chi connectivity index (χ1) is 10.2. The van der Waals surface area contributed by atoms with Gasteiger partial charge in [-0.05, 0) is 31.6 Å². The Hall–Kier alpha value is -0.650. The molecule has 0 aromatic rings. The molecule has 21 heavy (non-hydrogen) atoms. The smallest absolute Gasteiger partial charge is 0.223 e. The number of hydrogen-bond donors (Lipinski definition) is 3. The van der Waals surface area contributed by atoms with Gasteiger partial charge in [-0.2, -0.15) is 0 Å². The van der Waals surface area contributed by atoms with Gasteiger partial charge in [-0.15, -0.1) is 0 Å². The second kappa shape index (κ2) is 8.71. The third-order valence-electron chi connectivity index (χ3n) is 4.46. The average Bonchev–Trinajstić information content (AvgIpc) is 3.30. The second-order valence-electron chi connectivity index (χ2n) is 6.56. The summed E-state index contributed by atoms with van der Waals surface area (Å²) in [6.07, 6.45) is 6.81. The molecule has 3 N–H and O–H groups in total. The Balaban J connectivity index is 1.45. The van der Waals surface area contributed by atoms with Crippen LogP contribution in [0.15, 0.2) is 0 Å². The van der Waals surface area contributed by atoms with E-state index in [2.05, 4.69) is 17.6 Å². The molecule has 1 amide bonds. The molecule has 2 rings (SSSR count). The van der Waals surface area contributed by atoms with Gasteiger partial charge < -0.3 is 20.5 Å². The zero-order valence-corrected chi connectivity index (χ0v) is 13.1. The van der Waals surface area contributed by atoms with Gasteiger partial charge >= 0.3 is 0 Å². The maximum Gasteiger partial charge on any atom is 0.223 e. The van der Waals surface area contributed by atoms with Crippen LogP contribution in [0, 0.1) is 11.8 Å². The van der Waals surface area contributed by atoms with E-state index in [9.17, 15) is 9.90 Å². The van der Waals surface area contributed by atoms with Gasteiger partial charge in [0.05, 0.1) is 18.8 Å². The Labute approximate surface area is 127 Å². The number of amides is 1. The summed E-state index contributed by atoms with van der Waals surface area (Å²) in [5.74, 6) is 1.05. The molecular weight excluding hydrogens is 268 g/mol. The van der Waals surface area contributed by atoms with E-state index in [0.29, 0.717) is 38.3 Å². The molecule has 0 aromatic heterocycles. The lowest BCUT2D eigenvalue weighted by Crippen LogP contribution is -2.38. The maximum atomic E-state index is 11.4. The van der Waals surface area contributed by atoms with E-state index in [4.69, 9.17) is 4.74 Å². The van der Waals surface area contributed by atoms with Gasteiger partial charge in [0.2, 0.25) is 5.91 Å². The maximum absolute atomic E-state index is 11.4. The monoisotopic (exact) mass is 298 g/mol. The predicted molar refractivity (Wildman–Crippen MR) is 82.0 cm³/mol. The fraction of sp³-hybridized carbons (Fsp3) is 0.938. The molecule has 3 unspecified atom stereocenters. The molecular formula is C16H30N2O3. The Bertz CT molecular complexity index is 321. The zero-order chi connectivity index (χ0) is 15.1. The fourth-order valence-corrected chi connectivity index (χ4v) is 2.86. The van der Waals surface area contributed by atoms with Crippen LogP contribution in [0.25, 0.3) is 0 Å². The van der Waals surface area contributed by atoms with Crippen molar-refractivity contribution in [3.63, 3.8) is 0 Å². The van der Waals surface area contributed by atoms with Crippen molar-refractivity contribution < 1.29 is 14.6 Å². The minimum Gasteiger partial charge on any atom is -0.389 e. The highest BCUT2D eigenvalue weighted by Crippen LogP contribution is 2.28. The third kappa shape index (κ3) is 6.32. The molecule has 0 heterocycles. The fourth-order valence-electron chi connectivity index (χ4n) is 2.86. The van der Waals surface area contributed by atoms with E-state index in [-0.39, 0.29) is 11.8 Å². The van der Waals surface area contributed by atoms with Crippen molar-refractivity contribution in [1.29, 1.82) is 0 Å². The molecule has 0 bridgehead atoms. The molecule has 0 aliphatic heterocycles. The van der Waals surface area contributed by atoms with Crippen LogP contribution in [0.4, 0.5) is 0 Å². The molecule has 0 saturated heterocycles. The first kappa shape index (κ1) is 16.7. The Morgan fingerprint density at radius 1 is 1.24 bits per heavy atom. The van der Waals surface area contributed by atoms with E-state index in [1.165, 1.54) is 19.3 Å². The average molecular weight is 298 g/mol. The normalized spacial score (nSPS) is 27.3. The standard InChI is InChI=1S/C16H30N2O3/c1-12-4-2-3-5-15(12)21-11-14(19)10-17-8-9-18-16(20)13-6-7-13/h12-15,17,19H,2-11H2,1H3,(H,18,20). The van der Waals surface area contributed by atoms with Crippen molar-refractivity contribution in [2.75, 3.05) is 26.2 Å². The van der Waals surface area contributed by atoms with Gasteiger partial charge in [-0.1, -0.05) is 19.8 Å². The molecule has 3 atom stereocenters. The lowest BCUT2D eigenvalue weighted by molar-refractivity contribution is -0.122. The van der Waals surface area contributed by atoms with Crippen LogP contribution in [0.5, 0.6) is 0 Å². The van der Waals surface area contributed by atoms with E-state index in [1.54, 1.807) is 0 Å². The molecule has 2 aliphatic rings. The summed E-state index contributed by atoms with van der Waals surface area (Å²) in [4.78, 5) is 11.4. The summed E-state index contributed by atoms with van der Waals surface area (Å²) in [5, 5.41) is 15.9. The van der Waals surface area contributed by atoms with Crippen LogP contribution in [0.2, 0.25) is 0 Å². The number of carbonyl (C=O) groups excluding carboxylic acids is 1. The molecule has 0 aromatic carbocycles. The van der Waals surface area contributed by atoms with Crippen LogP contribution in [-0.2, 0) is 9.53 Å². The number of ether oxygens (including phenoxy) is 1. The number of aliphatic hydroxyl groups excluding tert-OH is 1. The zero-order valence-electron chi connectivity index (χ0n) is 13.1. The van der Waals surface area contributed by atoms with E-state index < -0.39 is 6.10 Å². The van der Waals surface area contributed by atoms with Crippen LogP contribution < -0.4 is 10.6 Å². The summed E-state index contributed by atoms with van der Waals surface area (Å²) in [5.41, 5.74) is 0. The minimum atomic E-state index is -0.474. The Morgan fingerprint density at radius 3 is 2.71 bits per heavy atom. The highest BCUT2D eigenvalue weighted by atomic mass is 16.5. The van der Waals surface area contributed by atoms with Crippen LogP contribution in [0.3, 0.4) is 0 Å². The van der Waals surface area contributed by atoms with Gasteiger partial charge in [0.1, 0.15) is 0 Å². The van der Waals surface area contributed by atoms with Gasteiger partial charge in [0.15, 0.2) is 0 Å². The van der Waals surface area contributed by atoms with Gasteiger partial charge in [0.25, 0.3) is 0 Å². The lowest BCUT2D eigenvalue weighted by atomic mass is 9.88. The number of hydrogen-bond acceptors (Lipinski definition) is 4. The van der Waals surface area contributed by atoms with E-state index in [1.807, 2.05) is 0 Å². The Kier molecular flexibility index (Phi) is 6.93. The predicted octanol–water partition coefficient (Wildman–Crippen LogP) is 1.06. The van der Waals surface area contributed by atoms with Gasteiger partial charge in [-0.25, -0.2) is 0 Å². The van der Waals surface area contributed by atoms with Gasteiger partial charge in [-0.3, -0.25) is 4.79 Å². The van der Waals surface area contributed by atoms with Crippen molar-refractivity contribution in [2.45, 2.75) is 57.7 Å². The van der Waals surface area contributed by atoms with Gasteiger partial charge in [0, 0.05) is 25.6 Å². The highest BCUT2D eigenvalue weighted by Gasteiger charge is 2.29. The molecule has 5 nitrogen and oxygen atoms in total. The summed E-state index contributed by atoms with van der Waals surface area (Å²) in [7, 11) is 0. The highest BCUT2D eigenvalue weighted by molar-refractivity contribution is 5.80. The van der Waals surface area contributed by atoms with Crippen molar-refractivity contribution in [3.05, 3.63) is 0 Å². The van der Waals surface area contributed by atoms with Crippen molar-refractivity contribution in [1.82, 2.24) is 10.6 Å². The molecule has 2 fully saturated rings. The lowest BCUT2D eigenvalue weighted by Gasteiger charge is -2.29. The number of aliphatic hydroxyl groups is 1. The minimum absolute atomic E-state index is 0.173. The molecule has 122 valence electrons. The summed E-state index contributed by atoms with van der Waals surface area (Å²) in [6, 6.07) is 0. The van der Waals surface area contributed by atoms with Crippen LogP contribution in [-0.4, -0.2) is 49.5 Å². The molecule has 5 heteroatoms. The van der Waals surface area contributed by atoms with E-state index in [0.717, 1.165) is 19.3 Å².